The van der Waals surface area contributed by atoms with E-state index in [9.17, 15) is 4.79 Å². The Morgan fingerprint density at radius 2 is 2.05 bits per heavy atom. The summed E-state index contributed by atoms with van der Waals surface area (Å²) in [6.45, 7) is 7.86. The van der Waals surface area contributed by atoms with E-state index in [0.717, 1.165) is 32.6 Å². The Balaban J connectivity index is 2.26. The van der Waals surface area contributed by atoms with Gasteiger partial charge in [-0.15, -0.1) is 0 Å². The molecule has 1 aromatic carbocycles. The normalized spacial score (nSPS) is 15.4. The van der Waals surface area contributed by atoms with Gasteiger partial charge in [0, 0.05) is 26.2 Å². The number of hydrogen-bond donors (Lipinski definition) is 1. The number of rotatable bonds is 4. The second-order valence-corrected chi connectivity index (χ2v) is 4.66. The third-order valence-electron chi connectivity index (χ3n) is 3.39. The number of hydrogen-bond acceptors (Lipinski definition) is 3. The lowest BCUT2D eigenvalue weighted by Gasteiger charge is -2.28. The van der Waals surface area contributed by atoms with Crippen molar-refractivity contribution in [2.45, 2.75) is 20.3 Å². The fourth-order valence-electron chi connectivity index (χ4n) is 2.28. The number of carbonyl (C=O) groups is 1. The number of nitrogens with one attached hydrogen (secondary N) is 1. The number of benzene rings is 1. The quantitative estimate of drug-likeness (QED) is 0.898. The number of nitrogens with zero attached hydrogens (tertiary/aromatic N) is 1. The first kappa shape index (κ1) is 13.9. The van der Waals surface area contributed by atoms with E-state index in [2.05, 4.69) is 12.2 Å². The van der Waals surface area contributed by atoms with E-state index in [0.29, 0.717) is 17.9 Å². The van der Waals surface area contributed by atoms with Crippen molar-refractivity contribution in [2.24, 2.45) is 0 Å². The summed E-state index contributed by atoms with van der Waals surface area (Å²) < 4.78 is 5.59. The summed E-state index contributed by atoms with van der Waals surface area (Å²) in [5, 5.41) is 3.26. The summed E-state index contributed by atoms with van der Waals surface area (Å²) in [6, 6.07) is 5.91. The molecule has 0 aromatic heterocycles. The lowest BCUT2D eigenvalue weighted by molar-refractivity contribution is 0.0731. The highest BCUT2D eigenvalue weighted by atomic mass is 16.5. The monoisotopic (exact) mass is 262 g/mol. The van der Waals surface area contributed by atoms with Crippen molar-refractivity contribution in [1.29, 1.82) is 0 Å². The van der Waals surface area contributed by atoms with Crippen LogP contribution in [-0.4, -0.2) is 43.6 Å². The third kappa shape index (κ3) is 3.26. The van der Waals surface area contributed by atoms with Crippen LogP contribution >= 0.6 is 0 Å². The largest absolute Gasteiger partial charge is 0.493 e. The lowest BCUT2D eigenvalue weighted by Crippen LogP contribution is -2.46. The smallest absolute Gasteiger partial charge is 0.257 e. The van der Waals surface area contributed by atoms with Gasteiger partial charge in [-0.05, 0) is 31.0 Å². The topological polar surface area (TPSA) is 41.6 Å². The molecule has 0 radical (unpaired) electrons. The predicted octanol–water partition coefficient (Wildman–Crippen LogP) is 1.69. The molecule has 1 fully saturated rings. The predicted molar refractivity (Wildman–Crippen MR) is 75.8 cm³/mol. The van der Waals surface area contributed by atoms with Crippen LogP contribution in [0.1, 0.15) is 29.8 Å². The summed E-state index contributed by atoms with van der Waals surface area (Å²) in [6.07, 6.45) is 0.925. The van der Waals surface area contributed by atoms with Crippen LogP contribution in [0.15, 0.2) is 18.2 Å². The molecule has 0 saturated carbocycles. The molecule has 104 valence electrons. The van der Waals surface area contributed by atoms with Crippen molar-refractivity contribution < 1.29 is 9.53 Å². The van der Waals surface area contributed by atoms with Crippen molar-refractivity contribution in [2.75, 3.05) is 32.8 Å². The second kappa shape index (κ2) is 6.57. The van der Waals surface area contributed by atoms with Crippen LogP contribution in [0.5, 0.6) is 5.75 Å². The van der Waals surface area contributed by atoms with Crippen molar-refractivity contribution in [3.8, 4) is 5.75 Å². The average molecular weight is 262 g/mol. The summed E-state index contributed by atoms with van der Waals surface area (Å²) in [5.41, 5.74) is 1.87. The molecule has 0 bridgehead atoms. The van der Waals surface area contributed by atoms with Crippen molar-refractivity contribution in [3.63, 3.8) is 0 Å². The SMILES string of the molecule is CCOc1ccc(CC)cc1C(=O)N1CCNCC1. The van der Waals surface area contributed by atoms with Gasteiger partial charge in [0.1, 0.15) is 5.75 Å². The molecule has 1 aliphatic heterocycles. The number of amides is 1. The van der Waals surface area contributed by atoms with Gasteiger partial charge in [0.15, 0.2) is 0 Å². The molecular formula is C15H22N2O2. The van der Waals surface area contributed by atoms with Gasteiger partial charge in [0.25, 0.3) is 5.91 Å². The molecule has 0 atom stereocenters. The van der Waals surface area contributed by atoms with Gasteiger partial charge in [-0.3, -0.25) is 4.79 Å². The molecule has 1 heterocycles. The van der Waals surface area contributed by atoms with E-state index >= 15 is 0 Å². The van der Waals surface area contributed by atoms with Crippen LogP contribution in [0.4, 0.5) is 0 Å². The lowest BCUT2D eigenvalue weighted by atomic mass is 10.1. The average Bonchev–Trinajstić information content (AvgIpc) is 2.48. The van der Waals surface area contributed by atoms with Crippen molar-refractivity contribution >= 4 is 5.91 Å². The fraction of sp³-hybridized carbons (Fsp3) is 0.533. The van der Waals surface area contributed by atoms with Gasteiger partial charge >= 0.3 is 0 Å². The van der Waals surface area contributed by atoms with E-state index in [1.54, 1.807) is 0 Å². The molecule has 1 saturated heterocycles. The minimum Gasteiger partial charge on any atom is -0.493 e. The molecule has 1 amide bonds. The maximum absolute atomic E-state index is 12.6. The van der Waals surface area contributed by atoms with E-state index in [1.165, 1.54) is 5.56 Å². The van der Waals surface area contributed by atoms with Gasteiger partial charge in [0.05, 0.1) is 12.2 Å². The molecule has 4 nitrogen and oxygen atoms in total. The third-order valence-corrected chi connectivity index (χ3v) is 3.39. The second-order valence-electron chi connectivity index (χ2n) is 4.66. The molecule has 1 aromatic rings. The summed E-state index contributed by atoms with van der Waals surface area (Å²) in [5.74, 6) is 0.781. The molecule has 0 aliphatic carbocycles. The van der Waals surface area contributed by atoms with E-state index in [4.69, 9.17) is 4.74 Å². The first-order chi connectivity index (χ1) is 9.26. The van der Waals surface area contributed by atoms with Crippen LogP contribution in [0.25, 0.3) is 0 Å². The van der Waals surface area contributed by atoms with Gasteiger partial charge in [-0.1, -0.05) is 13.0 Å². The van der Waals surface area contributed by atoms with Gasteiger partial charge in [-0.2, -0.15) is 0 Å². The minimum absolute atomic E-state index is 0.0836. The zero-order valence-corrected chi connectivity index (χ0v) is 11.7. The number of piperazine rings is 1. The standard InChI is InChI=1S/C15H22N2O2/c1-3-12-5-6-14(19-4-2)13(11-12)15(18)17-9-7-16-8-10-17/h5-6,11,16H,3-4,7-10H2,1-2H3. The van der Waals surface area contributed by atoms with Crippen molar-refractivity contribution in [3.05, 3.63) is 29.3 Å². The van der Waals surface area contributed by atoms with E-state index < -0.39 is 0 Å². The Bertz CT molecular complexity index is 440. The summed E-state index contributed by atoms with van der Waals surface area (Å²) >= 11 is 0. The molecule has 0 unspecified atom stereocenters. The highest BCUT2D eigenvalue weighted by molar-refractivity contribution is 5.97. The van der Waals surface area contributed by atoms with Gasteiger partial charge < -0.3 is 15.0 Å². The Labute approximate surface area is 114 Å². The Morgan fingerprint density at radius 3 is 2.68 bits per heavy atom. The molecule has 2 rings (SSSR count). The Kier molecular flexibility index (Phi) is 4.80. The van der Waals surface area contributed by atoms with E-state index in [-0.39, 0.29) is 5.91 Å². The molecule has 1 N–H and O–H groups in total. The molecular weight excluding hydrogens is 240 g/mol. The van der Waals surface area contributed by atoms with Crippen LogP contribution < -0.4 is 10.1 Å². The summed E-state index contributed by atoms with van der Waals surface area (Å²) in [4.78, 5) is 14.5. The molecule has 0 spiro atoms. The van der Waals surface area contributed by atoms with Crippen LogP contribution in [0, 0.1) is 0 Å². The molecule has 19 heavy (non-hydrogen) atoms. The first-order valence-corrected chi connectivity index (χ1v) is 7.02. The zero-order valence-electron chi connectivity index (χ0n) is 11.7. The Hall–Kier alpha value is -1.55. The van der Waals surface area contributed by atoms with Crippen LogP contribution in [-0.2, 0) is 6.42 Å². The minimum atomic E-state index is 0.0836. The van der Waals surface area contributed by atoms with Gasteiger partial charge in [0.2, 0.25) is 0 Å². The number of ether oxygens (including phenoxy) is 1. The van der Waals surface area contributed by atoms with Crippen LogP contribution in [0.3, 0.4) is 0 Å². The maximum Gasteiger partial charge on any atom is 0.257 e. The van der Waals surface area contributed by atoms with Crippen LogP contribution in [0.2, 0.25) is 0 Å². The Morgan fingerprint density at radius 1 is 1.32 bits per heavy atom. The highest BCUT2D eigenvalue weighted by Gasteiger charge is 2.21. The first-order valence-electron chi connectivity index (χ1n) is 7.02. The highest BCUT2D eigenvalue weighted by Crippen LogP contribution is 2.22. The maximum atomic E-state index is 12.6. The number of carbonyl (C=O) groups excluding carboxylic acids is 1. The fourth-order valence-corrected chi connectivity index (χ4v) is 2.28. The zero-order chi connectivity index (χ0) is 13.7. The van der Waals surface area contributed by atoms with E-state index in [1.807, 2.05) is 30.0 Å². The van der Waals surface area contributed by atoms with Gasteiger partial charge in [-0.25, -0.2) is 0 Å². The van der Waals surface area contributed by atoms with Crippen molar-refractivity contribution in [1.82, 2.24) is 10.2 Å². The number of aryl methyl sites for hydroxylation is 1. The molecule has 4 heteroatoms. The summed E-state index contributed by atoms with van der Waals surface area (Å²) in [7, 11) is 0. The molecule has 1 aliphatic rings.